The van der Waals surface area contributed by atoms with E-state index < -0.39 is 11.6 Å². The monoisotopic (exact) mass is 455 g/mol. The summed E-state index contributed by atoms with van der Waals surface area (Å²) in [5, 5.41) is 7.97. The highest BCUT2D eigenvalue weighted by Crippen LogP contribution is 2.30. The number of halogens is 3. The molecule has 1 atom stereocenters. The molecule has 1 saturated heterocycles. The maximum Gasteiger partial charge on any atom is 0.439 e. The van der Waals surface area contributed by atoms with Crippen LogP contribution in [0.4, 0.5) is 4.39 Å². The van der Waals surface area contributed by atoms with Crippen molar-refractivity contribution in [2.75, 3.05) is 32.9 Å². The Labute approximate surface area is 182 Å². The maximum atomic E-state index is 14.1. The van der Waals surface area contributed by atoms with Gasteiger partial charge in [0.2, 0.25) is 0 Å². The fraction of sp³-hybridized carbons (Fsp3) is 0.300. The third-order valence-electron chi connectivity index (χ3n) is 4.16. The predicted octanol–water partition coefficient (Wildman–Crippen LogP) is 3.78. The van der Waals surface area contributed by atoms with E-state index in [-0.39, 0.29) is 17.3 Å². The summed E-state index contributed by atoms with van der Waals surface area (Å²) < 4.78 is 29.6. The Hall–Kier alpha value is -2.39. The minimum absolute atomic E-state index is 0.00772. The van der Waals surface area contributed by atoms with E-state index in [1.54, 1.807) is 18.2 Å². The zero-order valence-corrected chi connectivity index (χ0v) is 17.4. The molecule has 7 nitrogen and oxygen atoms in total. The Morgan fingerprint density at radius 1 is 1.17 bits per heavy atom. The highest BCUT2D eigenvalue weighted by atomic mass is 35.5. The summed E-state index contributed by atoms with van der Waals surface area (Å²) >= 11 is 11.2. The lowest BCUT2D eigenvalue weighted by atomic mass is 10.1. The molecule has 160 valence electrons. The molecule has 0 saturated carbocycles. The molecule has 1 aromatic heterocycles. The van der Waals surface area contributed by atoms with E-state index in [1.807, 2.05) is 12.1 Å². The van der Waals surface area contributed by atoms with Gasteiger partial charge in [-0.1, -0.05) is 46.6 Å². The third kappa shape index (κ3) is 6.30. The standard InChI is InChI=1S/C14H16FN3O4.C6H4Cl2/c15-10-2-1-3-11(12(10)13-17-14(19)22-18-13)21-8-9-6-16-4-5-20-7-9;7-5-3-1-2-4-6(5)8/h1-3,9,16H,4-8H2,(H,17,18,19);1-4H. The summed E-state index contributed by atoms with van der Waals surface area (Å²) in [6.45, 7) is 3.19. The molecule has 1 aliphatic rings. The van der Waals surface area contributed by atoms with Crippen LogP contribution in [0.3, 0.4) is 0 Å². The highest BCUT2D eigenvalue weighted by molar-refractivity contribution is 6.41. The van der Waals surface area contributed by atoms with Crippen LogP contribution in [0.1, 0.15) is 0 Å². The number of H-pyrrole nitrogens is 1. The average molecular weight is 456 g/mol. The Balaban J connectivity index is 0.000000269. The van der Waals surface area contributed by atoms with Crippen molar-refractivity contribution in [2.45, 2.75) is 0 Å². The number of hydrogen-bond donors (Lipinski definition) is 2. The fourth-order valence-electron chi connectivity index (χ4n) is 2.71. The first-order chi connectivity index (χ1) is 14.5. The molecule has 1 fully saturated rings. The molecular weight excluding hydrogens is 436 g/mol. The molecule has 1 aliphatic heterocycles. The smallest absolute Gasteiger partial charge is 0.439 e. The van der Waals surface area contributed by atoms with E-state index in [0.717, 1.165) is 13.1 Å². The van der Waals surface area contributed by atoms with Crippen molar-refractivity contribution < 1.29 is 18.4 Å². The minimum Gasteiger partial charge on any atom is -0.492 e. The number of benzene rings is 2. The van der Waals surface area contributed by atoms with E-state index in [1.165, 1.54) is 12.1 Å². The van der Waals surface area contributed by atoms with Gasteiger partial charge in [0.05, 0.1) is 35.4 Å². The van der Waals surface area contributed by atoms with Gasteiger partial charge in [-0.25, -0.2) is 9.18 Å². The van der Waals surface area contributed by atoms with Crippen LogP contribution in [0.25, 0.3) is 11.4 Å². The number of aromatic nitrogens is 2. The summed E-state index contributed by atoms with van der Waals surface area (Å²) in [6, 6.07) is 11.6. The SMILES string of the molecule is Clc1ccccc1Cl.O=c1[nH]c(-c2c(F)cccc2OCC2CNCCOC2)no1. The molecule has 2 N–H and O–H groups in total. The quantitative estimate of drug-likeness (QED) is 0.622. The van der Waals surface area contributed by atoms with Crippen LogP contribution < -0.4 is 15.8 Å². The van der Waals surface area contributed by atoms with Gasteiger partial charge in [-0.2, -0.15) is 0 Å². The van der Waals surface area contributed by atoms with Gasteiger partial charge in [0, 0.05) is 19.0 Å². The number of rotatable bonds is 4. The van der Waals surface area contributed by atoms with Crippen LogP contribution in [0.15, 0.2) is 51.8 Å². The summed E-state index contributed by atoms with van der Waals surface area (Å²) in [5.74, 6) is -0.819. The van der Waals surface area contributed by atoms with E-state index >= 15 is 0 Å². The number of aromatic amines is 1. The largest absolute Gasteiger partial charge is 0.492 e. The maximum absolute atomic E-state index is 14.1. The molecule has 30 heavy (non-hydrogen) atoms. The van der Waals surface area contributed by atoms with Gasteiger partial charge >= 0.3 is 5.76 Å². The zero-order valence-electron chi connectivity index (χ0n) is 15.9. The lowest BCUT2D eigenvalue weighted by Gasteiger charge is -2.16. The molecule has 3 aromatic rings. The molecule has 0 aliphatic carbocycles. The molecule has 10 heteroatoms. The molecule has 2 aromatic carbocycles. The molecule has 0 radical (unpaired) electrons. The second-order valence-corrected chi connectivity index (χ2v) is 7.24. The van der Waals surface area contributed by atoms with Gasteiger partial charge in [0.1, 0.15) is 11.6 Å². The van der Waals surface area contributed by atoms with Crippen molar-refractivity contribution in [1.29, 1.82) is 0 Å². The minimum atomic E-state index is -0.745. The molecule has 1 unspecified atom stereocenters. The summed E-state index contributed by atoms with van der Waals surface area (Å²) in [6.07, 6.45) is 0. The lowest BCUT2D eigenvalue weighted by Crippen LogP contribution is -2.27. The Kier molecular flexibility index (Phi) is 8.27. The topological polar surface area (TPSA) is 89.4 Å². The second-order valence-electron chi connectivity index (χ2n) is 6.43. The highest BCUT2D eigenvalue weighted by Gasteiger charge is 2.19. The number of nitrogens with zero attached hydrogens (tertiary/aromatic N) is 1. The van der Waals surface area contributed by atoms with Crippen LogP contribution in [0.2, 0.25) is 10.0 Å². The van der Waals surface area contributed by atoms with Gasteiger partial charge in [0.25, 0.3) is 0 Å². The van der Waals surface area contributed by atoms with Crippen LogP contribution in [-0.2, 0) is 4.74 Å². The first kappa shape index (κ1) is 22.3. The van der Waals surface area contributed by atoms with Crippen molar-refractivity contribution >= 4 is 23.2 Å². The normalized spacial score (nSPS) is 16.3. The third-order valence-corrected chi connectivity index (χ3v) is 4.92. The summed E-state index contributed by atoms with van der Waals surface area (Å²) in [5.41, 5.74) is 0.0795. The molecule has 2 heterocycles. The van der Waals surface area contributed by atoms with E-state index in [4.69, 9.17) is 32.7 Å². The van der Waals surface area contributed by atoms with E-state index in [0.29, 0.717) is 35.6 Å². The van der Waals surface area contributed by atoms with Crippen molar-refractivity contribution in [2.24, 2.45) is 5.92 Å². The summed E-state index contributed by atoms with van der Waals surface area (Å²) in [4.78, 5) is 13.4. The van der Waals surface area contributed by atoms with Crippen molar-refractivity contribution in [3.63, 3.8) is 0 Å². The van der Waals surface area contributed by atoms with Crippen LogP contribution in [-0.4, -0.2) is 43.1 Å². The van der Waals surface area contributed by atoms with Crippen LogP contribution in [0, 0.1) is 11.7 Å². The zero-order chi connectivity index (χ0) is 21.3. The Morgan fingerprint density at radius 3 is 2.60 bits per heavy atom. The molecule has 0 spiro atoms. The first-order valence-corrected chi connectivity index (χ1v) is 9.96. The van der Waals surface area contributed by atoms with Crippen LogP contribution >= 0.6 is 23.2 Å². The van der Waals surface area contributed by atoms with Gasteiger partial charge in [-0.3, -0.25) is 9.51 Å². The van der Waals surface area contributed by atoms with Crippen LogP contribution in [0.5, 0.6) is 5.75 Å². The van der Waals surface area contributed by atoms with Gasteiger partial charge in [0.15, 0.2) is 5.82 Å². The van der Waals surface area contributed by atoms with Crippen molar-refractivity contribution in [3.8, 4) is 17.1 Å². The molecule has 0 amide bonds. The van der Waals surface area contributed by atoms with Gasteiger partial charge in [-0.15, -0.1) is 0 Å². The van der Waals surface area contributed by atoms with Crippen molar-refractivity contribution in [1.82, 2.24) is 15.5 Å². The first-order valence-electron chi connectivity index (χ1n) is 9.20. The van der Waals surface area contributed by atoms with E-state index in [9.17, 15) is 9.18 Å². The Morgan fingerprint density at radius 2 is 1.93 bits per heavy atom. The number of hydrogen-bond acceptors (Lipinski definition) is 6. The Bertz CT molecular complexity index is 982. The molecule has 4 rings (SSSR count). The van der Waals surface area contributed by atoms with Gasteiger partial charge < -0.3 is 14.8 Å². The molecule has 0 bridgehead atoms. The lowest BCUT2D eigenvalue weighted by molar-refractivity contribution is 0.102. The second kappa shape index (κ2) is 11.1. The fourth-order valence-corrected chi connectivity index (χ4v) is 2.98. The van der Waals surface area contributed by atoms with E-state index in [2.05, 4.69) is 20.0 Å². The number of nitrogens with one attached hydrogen (secondary N) is 2. The molecular formula is C20H20Cl2FN3O4. The predicted molar refractivity (Wildman–Crippen MR) is 112 cm³/mol. The van der Waals surface area contributed by atoms with Crippen molar-refractivity contribution in [3.05, 3.63) is 68.9 Å². The average Bonchev–Trinajstić information content (AvgIpc) is 2.99. The summed E-state index contributed by atoms with van der Waals surface area (Å²) in [7, 11) is 0. The number of ether oxygens (including phenoxy) is 2. The van der Waals surface area contributed by atoms with Gasteiger partial charge in [-0.05, 0) is 24.3 Å².